The van der Waals surface area contributed by atoms with E-state index in [-0.39, 0.29) is 5.28 Å². The van der Waals surface area contributed by atoms with Gasteiger partial charge in [-0.25, -0.2) is 0 Å². The van der Waals surface area contributed by atoms with E-state index in [1.807, 2.05) is 6.92 Å². The molecular weight excluding hydrogens is 154 g/mol. The number of hydrogen-bond acceptors (Lipinski definition) is 3. The molecule has 0 aliphatic rings. The predicted octanol–water partition coefficient (Wildman–Crippen LogP) is 0.995. The Morgan fingerprint density at radius 2 is 2.50 bits per heavy atom. The van der Waals surface area contributed by atoms with Crippen molar-refractivity contribution in [3.63, 3.8) is 0 Å². The van der Waals surface area contributed by atoms with Crippen molar-refractivity contribution in [1.29, 1.82) is 0 Å². The van der Waals surface area contributed by atoms with Crippen molar-refractivity contribution in [2.75, 3.05) is 6.61 Å². The second kappa shape index (κ2) is 3.53. The fraction of sp³-hybridized carbons (Fsp3) is 0.600. The van der Waals surface area contributed by atoms with E-state index in [0.717, 1.165) is 0 Å². The molecule has 0 amide bonds. The van der Waals surface area contributed by atoms with E-state index >= 15 is 0 Å². The smallest absolute Gasteiger partial charge is 0.242 e. The molecule has 0 aromatic carbocycles. The molecule has 0 aliphatic heterocycles. The summed E-state index contributed by atoms with van der Waals surface area (Å²) >= 11 is 5.43. The molecule has 0 unspecified atom stereocenters. The van der Waals surface area contributed by atoms with Crippen molar-refractivity contribution in [3.05, 3.63) is 11.1 Å². The highest BCUT2D eigenvalue weighted by atomic mass is 35.5. The molecule has 10 heavy (non-hydrogen) atoms. The Morgan fingerprint density at radius 1 is 1.70 bits per heavy atom. The van der Waals surface area contributed by atoms with Gasteiger partial charge in [0.1, 0.15) is 6.61 Å². The minimum atomic E-state index is 0.231. The summed E-state index contributed by atoms with van der Waals surface area (Å²) in [7, 11) is 0. The molecule has 0 bridgehead atoms. The number of aromatic nitrogens is 3. The van der Waals surface area contributed by atoms with Gasteiger partial charge in [-0.15, -0.1) is 5.10 Å². The summed E-state index contributed by atoms with van der Waals surface area (Å²) in [6.45, 7) is 3.02. The third-order valence-corrected chi connectivity index (χ3v) is 1.12. The number of nitrogens with zero attached hydrogens (tertiary/aromatic N) is 2. The van der Waals surface area contributed by atoms with Crippen LogP contribution in [0.2, 0.25) is 5.28 Å². The first kappa shape index (κ1) is 7.50. The quantitative estimate of drug-likeness (QED) is 0.720. The predicted molar refractivity (Wildman–Crippen MR) is 36.7 cm³/mol. The van der Waals surface area contributed by atoms with Crippen LogP contribution < -0.4 is 0 Å². The SMILES string of the molecule is CCOCc1nc(Cl)n[nH]1. The molecule has 0 saturated carbocycles. The van der Waals surface area contributed by atoms with Gasteiger partial charge in [0.25, 0.3) is 0 Å². The van der Waals surface area contributed by atoms with E-state index in [4.69, 9.17) is 16.3 Å². The van der Waals surface area contributed by atoms with E-state index in [1.165, 1.54) is 0 Å². The Labute approximate surface area is 63.6 Å². The number of hydrogen-bond donors (Lipinski definition) is 1. The first-order valence-corrected chi connectivity index (χ1v) is 3.35. The molecule has 0 fully saturated rings. The van der Waals surface area contributed by atoms with Gasteiger partial charge in [-0.2, -0.15) is 4.98 Å². The van der Waals surface area contributed by atoms with E-state index in [1.54, 1.807) is 0 Å². The van der Waals surface area contributed by atoms with Gasteiger partial charge < -0.3 is 4.74 Å². The summed E-state index contributed by atoms with van der Waals surface area (Å²) in [6.07, 6.45) is 0. The highest BCUT2D eigenvalue weighted by Crippen LogP contribution is 1.99. The maximum atomic E-state index is 5.43. The molecule has 1 N–H and O–H groups in total. The maximum Gasteiger partial charge on any atom is 0.242 e. The van der Waals surface area contributed by atoms with Crippen molar-refractivity contribution < 1.29 is 4.74 Å². The zero-order valence-electron chi connectivity index (χ0n) is 5.59. The number of halogens is 1. The number of nitrogens with one attached hydrogen (secondary N) is 1. The van der Waals surface area contributed by atoms with Crippen LogP contribution in [0.15, 0.2) is 0 Å². The Morgan fingerprint density at radius 3 is 3.00 bits per heavy atom. The van der Waals surface area contributed by atoms with Gasteiger partial charge in [-0.05, 0) is 18.5 Å². The van der Waals surface area contributed by atoms with Crippen molar-refractivity contribution >= 4 is 11.6 Å². The van der Waals surface area contributed by atoms with Gasteiger partial charge in [0.2, 0.25) is 5.28 Å². The van der Waals surface area contributed by atoms with Crippen molar-refractivity contribution in [1.82, 2.24) is 15.2 Å². The van der Waals surface area contributed by atoms with Crippen molar-refractivity contribution in [2.45, 2.75) is 13.5 Å². The van der Waals surface area contributed by atoms with Crippen LogP contribution in [-0.4, -0.2) is 21.8 Å². The summed E-state index contributed by atoms with van der Waals surface area (Å²) < 4.78 is 5.04. The van der Waals surface area contributed by atoms with Gasteiger partial charge in [0.05, 0.1) is 0 Å². The molecule has 0 aliphatic carbocycles. The Kier molecular flexibility index (Phi) is 2.65. The van der Waals surface area contributed by atoms with Crippen molar-refractivity contribution in [2.24, 2.45) is 0 Å². The largest absolute Gasteiger partial charge is 0.374 e. The lowest BCUT2D eigenvalue weighted by Crippen LogP contribution is -1.93. The van der Waals surface area contributed by atoms with E-state index in [9.17, 15) is 0 Å². The summed E-state index contributed by atoms with van der Waals surface area (Å²) in [4.78, 5) is 3.82. The van der Waals surface area contributed by atoms with E-state index in [0.29, 0.717) is 19.0 Å². The molecule has 4 nitrogen and oxygen atoms in total. The minimum absolute atomic E-state index is 0.231. The molecule has 1 heterocycles. The van der Waals surface area contributed by atoms with Crippen LogP contribution in [0.25, 0.3) is 0 Å². The van der Waals surface area contributed by atoms with Gasteiger partial charge in [-0.1, -0.05) is 0 Å². The summed E-state index contributed by atoms with van der Waals surface area (Å²) in [5.41, 5.74) is 0. The van der Waals surface area contributed by atoms with Crippen LogP contribution in [0, 0.1) is 0 Å². The van der Waals surface area contributed by atoms with Crippen LogP contribution in [-0.2, 0) is 11.3 Å². The molecule has 56 valence electrons. The lowest BCUT2D eigenvalue weighted by molar-refractivity contribution is 0.128. The highest BCUT2D eigenvalue weighted by molar-refractivity contribution is 6.28. The number of ether oxygens (including phenoxy) is 1. The topological polar surface area (TPSA) is 50.8 Å². The van der Waals surface area contributed by atoms with E-state index in [2.05, 4.69) is 15.2 Å². The second-order valence-corrected chi connectivity index (χ2v) is 2.03. The molecule has 1 aromatic rings. The minimum Gasteiger partial charge on any atom is -0.374 e. The molecule has 0 atom stereocenters. The van der Waals surface area contributed by atoms with Gasteiger partial charge in [0, 0.05) is 6.61 Å². The van der Waals surface area contributed by atoms with Gasteiger partial charge in [-0.3, -0.25) is 5.10 Å². The second-order valence-electron chi connectivity index (χ2n) is 1.69. The molecule has 5 heteroatoms. The standard InChI is InChI=1S/C5H8ClN3O/c1-2-10-3-4-7-5(6)9-8-4/h2-3H2,1H3,(H,7,8,9). The fourth-order valence-electron chi connectivity index (χ4n) is 0.535. The van der Waals surface area contributed by atoms with Crippen LogP contribution in [0.1, 0.15) is 12.7 Å². The first-order valence-electron chi connectivity index (χ1n) is 2.97. The number of aromatic amines is 1. The molecule has 0 radical (unpaired) electrons. The molecular formula is C5H8ClN3O. The third-order valence-electron chi connectivity index (χ3n) is 0.947. The molecule has 1 aromatic heterocycles. The zero-order chi connectivity index (χ0) is 7.40. The highest BCUT2D eigenvalue weighted by Gasteiger charge is 1.97. The van der Waals surface area contributed by atoms with Crippen LogP contribution >= 0.6 is 11.6 Å². The lowest BCUT2D eigenvalue weighted by Gasteiger charge is -1.93. The summed E-state index contributed by atoms with van der Waals surface area (Å²) in [6, 6.07) is 0. The number of H-pyrrole nitrogens is 1. The maximum absolute atomic E-state index is 5.43. The average Bonchev–Trinajstić information content (AvgIpc) is 2.31. The Hall–Kier alpha value is -0.610. The van der Waals surface area contributed by atoms with Crippen molar-refractivity contribution in [3.8, 4) is 0 Å². The third kappa shape index (κ3) is 1.97. The lowest BCUT2D eigenvalue weighted by atomic mass is 10.7. The van der Waals surface area contributed by atoms with Crippen LogP contribution in [0.3, 0.4) is 0 Å². The molecule has 0 saturated heterocycles. The normalized spacial score (nSPS) is 10.2. The van der Waals surface area contributed by atoms with Gasteiger partial charge in [0.15, 0.2) is 5.82 Å². The first-order chi connectivity index (χ1) is 4.83. The Balaban J connectivity index is 2.42. The molecule has 1 rings (SSSR count). The van der Waals surface area contributed by atoms with E-state index < -0.39 is 0 Å². The average molecular weight is 162 g/mol. The summed E-state index contributed by atoms with van der Waals surface area (Å²) in [5.74, 6) is 0.659. The van der Waals surface area contributed by atoms with Gasteiger partial charge >= 0.3 is 0 Å². The van der Waals surface area contributed by atoms with Crippen LogP contribution in [0.4, 0.5) is 0 Å². The zero-order valence-corrected chi connectivity index (χ0v) is 6.35. The summed E-state index contributed by atoms with van der Waals surface area (Å²) in [5, 5.41) is 6.47. The number of rotatable bonds is 3. The monoisotopic (exact) mass is 161 g/mol. The fourth-order valence-corrected chi connectivity index (χ4v) is 0.680. The Bertz CT molecular complexity index is 201. The molecule has 0 spiro atoms. The van der Waals surface area contributed by atoms with Crippen LogP contribution in [0.5, 0.6) is 0 Å².